The van der Waals surface area contributed by atoms with Crippen LogP contribution in [0.1, 0.15) is 30.8 Å². The van der Waals surface area contributed by atoms with Gasteiger partial charge in [-0.2, -0.15) is 0 Å². The molecule has 0 aromatic carbocycles. The number of esters is 1. The Labute approximate surface area is 95.2 Å². The number of carbonyl (C=O) groups excluding carboxylic acids is 1. The number of hydrogen-bond donors (Lipinski definition) is 1. The number of carbonyl (C=O) groups is 1. The Morgan fingerprint density at radius 2 is 2.19 bits per heavy atom. The minimum Gasteiger partial charge on any atom is -0.464 e. The lowest BCUT2D eigenvalue weighted by molar-refractivity contribution is 0.0593. The van der Waals surface area contributed by atoms with Gasteiger partial charge in [0.2, 0.25) is 0 Å². The van der Waals surface area contributed by atoms with Crippen molar-refractivity contribution in [3.05, 3.63) is 17.8 Å². The average molecular weight is 223 g/mol. The van der Waals surface area contributed by atoms with Crippen LogP contribution in [0.5, 0.6) is 0 Å². The van der Waals surface area contributed by atoms with E-state index in [1.165, 1.54) is 7.11 Å². The second-order valence-corrected chi connectivity index (χ2v) is 3.90. The van der Waals surface area contributed by atoms with Crippen molar-refractivity contribution in [2.45, 2.75) is 20.3 Å². The second kappa shape index (κ2) is 6.05. The number of nitrogens with zero attached hydrogens (tertiary/aromatic N) is 2. The van der Waals surface area contributed by atoms with E-state index in [1.54, 1.807) is 12.1 Å². The van der Waals surface area contributed by atoms with Crippen LogP contribution in [0.2, 0.25) is 0 Å². The zero-order valence-corrected chi connectivity index (χ0v) is 9.86. The summed E-state index contributed by atoms with van der Waals surface area (Å²) in [5.41, 5.74) is 0.219. The van der Waals surface area contributed by atoms with Crippen LogP contribution in [0, 0.1) is 5.92 Å². The zero-order valence-electron chi connectivity index (χ0n) is 9.86. The highest BCUT2D eigenvalue weighted by molar-refractivity contribution is 5.86. The highest BCUT2D eigenvalue weighted by atomic mass is 16.5. The minimum atomic E-state index is -0.471. The third-order valence-corrected chi connectivity index (χ3v) is 2.09. The molecule has 1 heterocycles. The Hall–Kier alpha value is -1.65. The van der Waals surface area contributed by atoms with Crippen LogP contribution in [0.3, 0.4) is 0 Å². The van der Waals surface area contributed by atoms with Gasteiger partial charge in [0, 0.05) is 6.54 Å². The summed E-state index contributed by atoms with van der Waals surface area (Å²) in [4.78, 5) is 11.1. The smallest absolute Gasteiger partial charge is 0.358 e. The minimum absolute atomic E-state index is 0.219. The fourth-order valence-electron chi connectivity index (χ4n) is 1.13. The summed E-state index contributed by atoms with van der Waals surface area (Å²) in [6.45, 7) is 5.17. The Bertz CT molecular complexity index is 336. The van der Waals surface area contributed by atoms with E-state index in [9.17, 15) is 4.79 Å². The number of aromatic nitrogens is 2. The molecule has 5 heteroatoms. The third-order valence-electron chi connectivity index (χ3n) is 2.09. The van der Waals surface area contributed by atoms with Crippen LogP contribution < -0.4 is 5.32 Å². The van der Waals surface area contributed by atoms with Gasteiger partial charge in [0.25, 0.3) is 0 Å². The second-order valence-electron chi connectivity index (χ2n) is 3.90. The molecular weight excluding hydrogens is 206 g/mol. The van der Waals surface area contributed by atoms with Crippen LogP contribution in [0.15, 0.2) is 12.1 Å². The molecule has 88 valence electrons. The van der Waals surface area contributed by atoms with E-state index in [1.807, 2.05) is 0 Å². The van der Waals surface area contributed by atoms with Crippen molar-refractivity contribution in [3.8, 4) is 0 Å². The average Bonchev–Trinajstić information content (AvgIpc) is 2.28. The molecule has 1 aromatic heterocycles. The Kier molecular flexibility index (Phi) is 4.69. The molecule has 0 radical (unpaired) electrons. The summed E-state index contributed by atoms with van der Waals surface area (Å²) in [6, 6.07) is 3.32. The lowest BCUT2D eigenvalue weighted by Gasteiger charge is -2.06. The highest BCUT2D eigenvalue weighted by Gasteiger charge is 2.07. The summed E-state index contributed by atoms with van der Waals surface area (Å²) < 4.78 is 4.53. The molecule has 0 fully saturated rings. The lowest BCUT2D eigenvalue weighted by atomic mass is 10.1. The van der Waals surface area contributed by atoms with Gasteiger partial charge in [-0.1, -0.05) is 13.8 Å². The van der Waals surface area contributed by atoms with Crippen molar-refractivity contribution in [2.75, 3.05) is 19.0 Å². The van der Waals surface area contributed by atoms with Gasteiger partial charge in [-0.25, -0.2) is 4.79 Å². The van der Waals surface area contributed by atoms with E-state index in [2.05, 4.69) is 34.1 Å². The van der Waals surface area contributed by atoms with Crippen molar-refractivity contribution in [1.29, 1.82) is 0 Å². The molecule has 0 aliphatic rings. The highest BCUT2D eigenvalue weighted by Crippen LogP contribution is 2.05. The first-order chi connectivity index (χ1) is 7.63. The zero-order chi connectivity index (χ0) is 12.0. The van der Waals surface area contributed by atoms with E-state index in [0.29, 0.717) is 11.7 Å². The quantitative estimate of drug-likeness (QED) is 0.770. The summed E-state index contributed by atoms with van der Waals surface area (Å²) in [5, 5.41) is 10.8. The van der Waals surface area contributed by atoms with Crippen LogP contribution in [0.25, 0.3) is 0 Å². The van der Waals surface area contributed by atoms with Crippen LogP contribution >= 0.6 is 0 Å². The van der Waals surface area contributed by atoms with Gasteiger partial charge in [-0.05, 0) is 24.5 Å². The molecule has 0 bridgehead atoms. The first kappa shape index (κ1) is 12.4. The van der Waals surface area contributed by atoms with Gasteiger partial charge in [0.15, 0.2) is 5.69 Å². The Morgan fingerprint density at radius 3 is 2.69 bits per heavy atom. The fourth-order valence-corrected chi connectivity index (χ4v) is 1.13. The number of ether oxygens (including phenoxy) is 1. The molecule has 0 saturated heterocycles. The van der Waals surface area contributed by atoms with Gasteiger partial charge in [-0.3, -0.25) is 0 Å². The molecule has 0 aliphatic carbocycles. The fraction of sp³-hybridized carbons (Fsp3) is 0.545. The summed E-state index contributed by atoms with van der Waals surface area (Å²) >= 11 is 0. The molecule has 0 unspecified atom stereocenters. The number of rotatable bonds is 5. The summed E-state index contributed by atoms with van der Waals surface area (Å²) in [6.07, 6.45) is 1.07. The van der Waals surface area contributed by atoms with E-state index in [4.69, 9.17) is 0 Å². The molecule has 0 spiro atoms. The molecule has 0 amide bonds. The van der Waals surface area contributed by atoms with E-state index >= 15 is 0 Å². The standard InChI is InChI=1S/C11H17N3O2/c1-8(2)6-7-12-10-5-4-9(13-14-10)11(15)16-3/h4-5,8H,6-7H2,1-3H3,(H,12,14). The van der Waals surface area contributed by atoms with E-state index < -0.39 is 5.97 Å². The van der Waals surface area contributed by atoms with Crippen molar-refractivity contribution in [1.82, 2.24) is 10.2 Å². The maximum Gasteiger partial charge on any atom is 0.358 e. The Balaban J connectivity index is 2.48. The first-order valence-corrected chi connectivity index (χ1v) is 5.29. The molecular formula is C11H17N3O2. The van der Waals surface area contributed by atoms with Gasteiger partial charge in [0.1, 0.15) is 5.82 Å². The third kappa shape index (κ3) is 3.84. The first-order valence-electron chi connectivity index (χ1n) is 5.29. The SMILES string of the molecule is COC(=O)c1ccc(NCCC(C)C)nn1. The van der Waals surface area contributed by atoms with Gasteiger partial charge >= 0.3 is 5.97 Å². The predicted octanol–water partition coefficient (Wildman–Crippen LogP) is 1.72. The number of hydrogen-bond acceptors (Lipinski definition) is 5. The van der Waals surface area contributed by atoms with Crippen LogP contribution in [0.4, 0.5) is 5.82 Å². The van der Waals surface area contributed by atoms with Gasteiger partial charge < -0.3 is 10.1 Å². The van der Waals surface area contributed by atoms with E-state index in [-0.39, 0.29) is 5.69 Å². The van der Waals surface area contributed by atoms with Crippen LogP contribution in [-0.4, -0.2) is 29.8 Å². The molecule has 1 aromatic rings. The number of methoxy groups -OCH3 is 1. The number of nitrogens with one attached hydrogen (secondary N) is 1. The predicted molar refractivity (Wildman–Crippen MR) is 61.3 cm³/mol. The molecule has 1 N–H and O–H groups in total. The largest absolute Gasteiger partial charge is 0.464 e. The molecule has 1 rings (SSSR count). The molecule has 0 atom stereocenters. The number of anilines is 1. The van der Waals surface area contributed by atoms with Gasteiger partial charge in [-0.15, -0.1) is 10.2 Å². The summed E-state index contributed by atoms with van der Waals surface area (Å²) in [7, 11) is 1.32. The Morgan fingerprint density at radius 1 is 1.44 bits per heavy atom. The van der Waals surface area contributed by atoms with Crippen molar-refractivity contribution in [3.63, 3.8) is 0 Å². The monoisotopic (exact) mass is 223 g/mol. The lowest BCUT2D eigenvalue weighted by Crippen LogP contribution is -2.09. The maximum atomic E-state index is 11.1. The molecule has 0 saturated carbocycles. The maximum absolute atomic E-state index is 11.1. The molecule has 5 nitrogen and oxygen atoms in total. The topological polar surface area (TPSA) is 64.1 Å². The van der Waals surface area contributed by atoms with Crippen molar-refractivity contribution < 1.29 is 9.53 Å². The van der Waals surface area contributed by atoms with E-state index in [0.717, 1.165) is 13.0 Å². The normalized spacial score (nSPS) is 10.2. The van der Waals surface area contributed by atoms with Crippen LogP contribution in [-0.2, 0) is 4.74 Å². The van der Waals surface area contributed by atoms with Crippen molar-refractivity contribution in [2.24, 2.45) is 5.92 Å². The summed E-state index contributed by atoms with van der Waals surface area (Å²) in [5.74, 6) is 0.851. The molecule has 16 heavy (non-hydrogen) atoms. The van der Waals surface area contributed by atoms with Crippen molar-refractivity contribution >= 4 is 11.8 Å². The molecule has 0 aliphatic heterocycles. The van der Waals surface area contributed by atoms with Gasteiger partial charge in [0.05, 0.1) is 7.11 Å².